The summed E-state index contributed by atoms with van der Waals surface area (Å²) in [7, 11) is 0. The Hall–Kier alpha value is -2.67. The zero-order chi connectivity index (χ0) is 16.2. The van der Waals surface area contributed by atoms with Crippen molar-refractivity contribution in [2.24, 2.45) is 0 Å². The Bertz CT molecular complexity index is 799. The highest BCUT2D eigenvalue weighted by Gasteiger charge is 2.17. The lowest BCUT2D eigenvalue weighted by molar-refractivity contribution is 0.246. The molecule has 1 aliphatic rings. The van der Waals surface area contributed by atoms with E-state index in [4.69, 9.17) is 0 Å². The third kappa shape index (κ3) is 3.16. The predicted molar refractivity (Wildman–Crippen MR) is 88.5 cm³/mol. The molecule has 4 rings (SSSR count). The van der Waals surface area contributed by atoms with Gasteiger partial charge in [0.2, 0.25) is 0 Å². The van der Waals surface area contributed by atoms with Crippen LogP contribution >= 0.6 is 0 Å². The van der Waals surface area contributed by atoms with Crippen LogP contribution in [0.1, 0.15) is 23.5 Å². The molecule has 3 heterocycles. The lowest BCUT2D eigenvalue weighted by Crippen LogP contribution is -2.32. The van der Waals surface area contributed by atoms with E-state index in [1.165, 1.54) is 5.56 Å². The topological polar surface area (TPSA) is 72.6 Å². The molecule has 7 heteroatoms. The van der Waals surface area contributed by atoms with Gasteiger partial charge in [0.1, 0.15) is 6.33 Å². The van der Waals surface area contributed by atoms with E-state index in [9.17, 15) is 0 Å². The SMILES string of the molecule is c1ccc(-n2nnnc2CCCN2CCc3cncnc3C2)cc1. The summed E-state index contributed by atoms with van der Waals surface area (Å²) >= 11 is 0. The molecule has 0 saturated carbocycles. The molecule has 7 nitrogen and oxygen atoms in total. The highest BCUT2D eigenvalue weighted by Crippen LogP contribution is 2.16. The van der Waals surface area contributed by atoms with Crippen molar-refractivity contribution in [3.05, 3.63) is 59.9 Å². The maximum absolute atomic E-state index is 4.39. The van der Waals surface area contributed by atoms with Crippen molar-refractivity contribution in [2.75, 3.05) is 13.1 Å². The Morgan fingerprint density at radius 3 is 2.96 bits per heavy atom. The van der Waals surface area contributed by atoms with Crippen molar-refractivity contribution >= 4 is 0 Å². The largest absolute Gasteiger partial charge is 0.297 e. The minimum atomic E-state index is 0.856. The number of hydrogen-bond donors (Lipinski definition) is 0. The van der Waals surface area contributed by atoms with Crippen LogP contribution in [-0.2, 0) is 19.4 Å². The quantitative estimate of drug-likeness (QED) is 0.708. The Morgan fingerprint density at radius 1 is 1.12 bits per heavy atom. The molecule has 0 amide bonds. The number of aromatic nitrogens is 6. The number of benzene rings is 1. The van der Waals surface area contributed by atoms with Crippen molar-refractivity contribution in [2.45, 2.75) is 25.8 Å². The Kier molecular flexibility index (Phi) is 4.24. The maximum atomic E-state index is 4.39. The second-order valence-corrected chi connectivity index (χ2v) is 5.97. The summed E-state index contributed by atoms with van der Waals surface area (Å²) in [6.07, 6.45) is 6.48. The lowest BCUT2D eigenvalue weighted by Gasteiger charge is -2.27. The van der Waals surface area contributed by atoms with Gasteiger partial charge in [-0.2, -0.15) is 4.68 Å². The molecule has 0 aliphatic carbocycles. The van der Waals surface area contributed by atoms with E-state index >= 15 is 0 Å². The van der Waals surface area contributed by atoms with E-state index in [0.717, 1.165) is 56.1 Å². The minimum Gasteiger partial charge on any atom is -0.297 e. The summed E-state index contributed by atoms with van der Waals surface area (Å²) in [5.74, 6) is 0.904. The molecule has 2 aromatic heterocycles. The average molecular weight is 321 g/mol. The van der Waals surface area contributed by atoms with E-state index in [1.54, 1.807) is 6.33 Å². The van der Waals surface area contributed by atoms with Gasteiger partial charge in [0.25, 0.3) is 0 Å². The molecule has 0 fully saturated rings. The van der Waals surface area contributed by atoms with Crippen molar-refractivity contribution in [3.8, 4) is 5.69 Å². The van der Waals surface area contributed by atoms with Gasteiger partial charge in [-0.15, -0.1) is 5.10 Å². The maximum Gasteiger partial charge on any atom is 0.156 e. The second-order valence-electron chi connectivity index (χ2n) is 5.97. The van der Waals surface area contributed by atoms with Crippen LogP contribution < -0.4 is 0 Å². The van der Waals surface area contributed by atoms with Crippen molar-refractivity contribution < 1.29 is 0 Å². The summed E-state index contributed by atoms with van der Waals surface area (Å²) in [5.41, 5.74) is 3.44. The van der Waals surface area contributed by atoms with Crippen molar-refractivity contribution in [1.82, 2.24) is 35.1 Å². The molecule has 0 bridgehead atoms. The smallest absolute Gasteiger partial charge is 0.156 e. The van der Waals surface area contributed by atoms with Gasteiger partial charge in [0.15, 0.2) is 5.82 Å². The number of nitrogens with zero attached hydrogens (tertiary/aromatic N) is 7. The van der Waals surface area contributed by atoms with Gasteiger partial charge < -0.3 is 0 Å². The summed E-state index contributed by atoms with van der Waals surface area (Å²) in [4.78, 5) is 10.9. The average Bonchev–Trinajstić information content (AvgIpc) is 3.11. The lowest BCUT2D eigenvalue weighted by atomic mass is 10.1. The fourth-order valence-corrected chi connectivity index (χ4v) is 3.09. The molecule has 0 radical (unpaired) electrons. The van der Waals surface area contributed by atoms with Crippen LogP contribution in [0.15, 0.2) is 42.9 Å². The van der Waals surface area contributed by atoms with Crippen LogP contribution in [0.3, 0.4) is 0 Å². The van der Waals surface area contributed by atoms with Crippen LogP contribution in [0.4, 0.5) is 0 Å². The molecule has 24 heavy (non-hydrogen) atoms. The van der Waals surface area contributed by atoms with Crippen LogP contribution in [0.5, 0.6) is 0 Å². The van der Waals surface area contributed by atoms with Gasteiger partial charge in [0, 0.05) is 25.7 Å². The van der Waals surface area contributed by atoms with Crippen LogP contribution in [0.25, 0.3) is 5.69 Å². The number of fused-ring (bicyclic) bond motifs is 1. The highest BCUT2D eigenvalue weighted by atomic mass is 15.5. The summed E-state index contributed by atoms with van der Waals surface area (Å²) < 4.78 is 1.82. The van der Waals surface area contributed by atoms with E-state index in [2.05, 4.69) is 30.4 Å². The van der Waals surface area contributed by atoms with E-state index in [0.29, 0.717) is 0 Å². The van der Waals surface area contributed by atoms with Gasteiger partial charge in [-0.3, -0.25) is 4.90 Å². The van der Waals surface area contributed by atoms with Gasteiger partial charge in [0.05, 0.1) is 11.4 Å². The molecular formula is C17H19N7. The molecule has 3 aromatic rings. The molecule has 1 aromatic carbocycles. The van der Waals surface area contributed by atoms with E-state index in [-0.39, 0.29) is 0 Å². The normalized spacial score (nSPS) is 14.5. The molecule has 0 saturated heterocycles. The zero-order valence-corrected chi connectivity index (χ0v) is 13.4. The first-order chi connectivity index (χ1) is 11.9. The first kappa shape index (κ1) is 14.9. The third-order valence-electron chi connectivity index (χ3n) is 4.36. The molecule has 122 valence electrons. The molecule has 0 atom stereocenters. The first-order valence-electron chi connectivity index (χ1n) is 8.23. The van der Waals surface area contributed by atoms with Gasteiger partial charge in [-0.05, 0) is 47.5 Å². The molecule has 1 aliphatic heterocycles. The Labute approximate surface area is 140 Å². The van der Waals surface area contributed by atoms with E-state index in [1.807, 2.05) is 41.2 Å². The molecule has 0 N–H and O–H groups in total. The van der Waals surface area contributed by atoms with Gasteiger partial charge >= 0.3 is 0 Å². The Balaban J connectivity index is 1.35. The predicted octanol–water partition coefficient (Wildman–Crippen LogP) is 1.44. The molecule has 0 spiro atoms. The summed E-state index contributed by atoms with van der Waals surface area (Å²) in [6, 6.07) is 10.0. The molecular weight excluding hydrogens is 302 g/mol. The fraction of sp³-hybridized carbons (Fsp3) is 0.353. The first-order valence-corrected chi connectivity index (χ1v) is 8.23. The number of rotatable bonds is 5. The Morgan fingerprint density at radius 2 is 2.04 bits per heavy atom. The van der Waals surface area contributed by atoms with Crippen LogP contribution in [-0.4, -0.2) is 48.2 Å². The fourth-order valence-electron chi connectivity index (χ4n) is 3.09. The number of aryl methyl sites for hydroxylation is 1. The summed E-state index contributed by atoms with van der Waals surface area (Å²) in [5, 5.41) is 12.1. The van der Waals surface area contributed by atoms with Gasteiger partial charge in [-0.25, -0.2) is 9.97 Å². The number of tetrazole rings is 1. The number of para-hydroxylation sites is 1. The van der Waals surface area contributed by atoms with Crippen LogP contribution in [0, 0.1) is 0 Å². The minimum absolute atomic E-state index is 0.856. The molecule has 0 unspecified atom stereocenters. The zero-order valence-electron chi connectivity index (χ0n) is 13.4. The third-order valence-corrected chi connectivity index (χ3v) is 4.36. The van der Waals surface area contributed by atoms with Crippen molar-refractivity contribution in [1.29, 1.82) is 0 Å². The standard InChI is InChI=1S/C17H19N7/c1-2-5-15(6-3-1)24-17(20-21-22-24)7-4-9-23-10-8-14-11-18-13-19-16(14)12-23/h1-3,5-6,11,13H,4,7-10,12H2. The number of hydrogen-bond acceptors (Lipinski definition) is 6. The van der Waals surface area contributed by atoms with Gasteiger partial charge in [-0.1, -0.05) is 18.2 Å². The van der Waals surface area contributed by atoms with Crippen molar-refractivity contribution in [3.63, 3.8) is 0 Å². The van der Waals surface area contributed by atoms with Crippen LogP contribution in [0.2, 0.25) is 0 Å². The highest BCUT2D eigenvalue weighted by molar-refractivity contribution is 5.30. The summed E-state index contributed by atoms with van der Waals surface area (Å²) in [6.45, 7) is 2.98. The monoisotopic (exact) mass is 321 g/mol. The second kappa shape index (κ2) is 6.84. The van der Waals surface area contributed by atoms with E-state index < -0.39 is 0 Å².